The van der Waals surface area contributed by atoms with Crippen molar-refractivity contribution in [2.75, 3.05) is 0 Å². The van der Waals surface area contributed by atoms with Crippen LogP contribution in [0.3, 0.4) is 0 Å². The molecular formula is C20H30Zr. The molecule has 0 unspecified atom stereocenters. The molecule has 2 rings (SSSR count). The van der Waals surface area contributed by atoms with Crippen molar-refractivity contribution in [2.45, 2.75) is 66.2 Å². The predicted octanol–water partition coefficient (Wildman–Crippen LogP) is 6.11. The summed E-state index contributed by atoms with van der Waals surface area (Å²) in [6.45, 7) is 8.76. The van der Waals surface area contributed by atoms with Crippen LogP contribution < -0.4 is 0 Å². The minimum atomic E-state index is 0. The second-order valence-corrected chi connectivity index (χ2v) is 5.68. The molecule has 0 fully saturated rings. The summed E-state index contributed by atoms with van der Waals surface area (Å²) in [5, 5.41) is 0. The summed E-state index contributed by atoms with van der Waals surface area (Å²) in [6, 6.07) is 13.1. The van der Waals surface area contributed by atoms with Gasteiger partial charge < -0.3 is 0 Å². The molecule has 114 valence electrons. The van der Waals surface area contributed by atoms with Gasteiger partial charge in [-0.25, -0.2) is 24.3 Å². The molecule has 0 spiro atoms. The Hall–Kier alpha value is -0.417. The SMILES string of the molecule is CCCCc1ccc[c-]1CCCC.Cc1ccc[c-]1C.[Zr+2]. The normalized spacial score (nSPS) is 9.71. The number of hydrogen-bond acceptors (Lipinski definition) is 0. The molecule has 0 bridgehead atoms. The Kier molecular flexibility index (Phi) is 11.9. The Bertz CT molecular complexity index is 423. The largest absolute Gasteiger partial charge is 2.00 e. The molecule has 0 aliphatic carbocycles. The van der Waals surface area contributed by atoms with E-state index in [1.54, 1.807) is 11.1 Å². The molecule has 0 saturated carbocycles. The van der Waals surface area contributed by atoms with Crippen molar-refractivity contribution in [1.82, 2.24) is 0 Å². The third-order valence-electron chi connectivity index (χ3n) is 3.92. The molecule has 0 amide bonds. The number of unbranched alkanes of at least 4 members (excludes halogenated alkanes) is 2. The molecule has 0 aliphatic heterocycles. The molecule has 0 nitrogen and oxygen atoms in total. The molecular weight excluding hydrogens is 331 g/mol. The van der Waals surface area contributed by atoms with E-state index in [1.165, 1.54) is 49.7 Å². The van der Waals surface area contributed by atoms with Gasteiger partial charge in [-0.3, -0.25) is 0 Å². The van der Waals surface area contributed by atoms with Crippen molar-refractivity contribution in [3.8, 4) is 0 Å². The van der Waals surface area contributed by atoms with Crippen LogP contribution in [-0.2, 0) is 39.0 Å². The van der Waals surface area contributed by atoms with E-state index in [4.69, 9.17) is 0 Å². The van der Waals surface area contributed by atoms with Gasteiger partial charge in [-0.05, 0) is 0 Å². The van der Waals surface area contributed by atoms with E-state index in [-0.39, 0.29) is 26.2 Å². The summed E-state index contributed by atoms with van der Waals surface area (Å²) in [4.78, 5) is 0. The Morgan fingerprint density at radius 3 is 2.10 bits per heavy atom. The van der Waals surface area contributed by atoms with Gasteiger partial charge in [0.1, 0.15) is 0 Å². The first-order valence-electron chi connectivity index (χ1n) is 8.11. The fourth-order valence-corrected chi connectivity index (χ4v) is 2.32. The first kappa shape index (κ1) is 20.6. The molecule has 0 atom stereocenters. The topological polar surface area (TPSA) is 0 Å². The number of rotatable bonds is 6. The van der Waals surface area contributed by atoms with E-state index in [9.17, 15) is 0 Å². The Balaban J connectivity index is 0.000000425. The van der Waals surface area contributed by atoms with Gasteiger partial charge in [0, 0.05) is 0 Å². The zero-order valence-corrected chi connectivity index (χ0v) is 16.7. The minimum absolute atomic E-state index is 0. The molecule has 21 heavy (non-hydrogen) atoms. The molecule has 0 aliphatic rings. The van der Waals surface area contributed by atoms with Crippen LogP contribution in [0.1, 0.15) is 61.8 Å². The van der Waals surface area contributed by atoms with Gasteiger partial charge in [0.15, 0.2) is 0 Å². The summed E-state index contributed by atoms with van der Waals surface area (Å²) in [5.74, 6) is 0. The molecule has 0 saturated heterocycles. The van der Waals surface area contributed by atoms with E-state index < -0.39 is 0 Å². The quantitative estimate of drug-likeness (QED) is 0.544. The van der Waals surface area contributed by atoms with Crippen molar-refractivity contribution in [3.05, 3.63) is 58.7 Å². The van der Waals surface area contributed by atoms with Crippen LogP contribution in [0.5, 0.6) is 0 Å². The summed E-state index contributed by atoms with van der Waals surface area (Å²) in [7, 11) is 0. The average molecular weight is 362 g/mol. The maximum Gasteiger partial charge on any atom is 2.00 e. The molecule has 2 aromatic rings. The summed E-state index contributed by atoms with van der Waals surface area (Å²) in [6.07, 6.45) is 7.84. The van der Waals surface area contributed by atoms with Crippen molar-refractivity contribution in [2.24, 2.45) is 0 Å². The number of aryl methyl sites for hydroxylation is 4. The second-order valence-electron chi connectivity index (χ2n) is 5.68. The second kappa shape index (κ2) is 12.2. The van der Waals surface area contributed by atoms with E-state index in [2.05, 4.69) is 64.1 Å². The monoisotopic (exact) mass is 360 g/mol. The molecule has 2 aromatic carbocycles. The first-order valence-corrected chi connectivity index (χ1v) is 8.11. The Morgan fingerprint density at radius 2 is 1.62 bits per heavy atom. The van der Waals surface area contributed by atoms with Crippen molar-refractivity contribution < 1.29 is 26.2 Å². The zero-order valence-electron chi connectivity index (χ0n) is 14.2. The maximum atomic E-state index is 2.29. The zero-order chi connectivity index (χ0) is 14.8. The summed E-state index contributed by atoms with van der Waals surface area (Å²) >= 11 is 0. The Morgan fingerprint density at radius 1 is 0.952 bits per heavy atom. The summed E-state index contributed by atoms with van der Waals surface area (Å²) < 4.78 is 0. The van der Waals surface area contributed by atoms with Crippen LogP contribution in [0.2, 0.25) is 0 Å². The molecule has 0 N–H and O–H groups in total. The van der Waals surface area contributed by atoms with Crippen LogP contribution >= 0.6 is 0 Å². The summed E-state index contributed by atoms with van der Waals surface area (Å²) in [5.41, 5.74) is 5.96. The molecule has 0 heterocycles. The van der Waals surface area contributed by atoms with Gasteiger partial charge in [0.25, 0.3) is 0 Å². The first-order chi connectivity index (χ1) is 9.69. The molecule has 0 aromatic heterocycles. The van der Waals surface area contributed by atoms with Crippen LogP contribution in [0.4, 0.5) is 0 Å². The van der Waals surface area contributed by atoms with E-state index >= 15 is 0 Å². The third kappa shape index (κ3) is 7.96. The number of hydrogen-bond donors (Lipinski definition) is 0. The minimum Gasteiger partial charge on any atom is -0.213 e. The van der Waals surface area contributed by atoms with Gasteiger partial charge in [-0.2, -0.15) is 34.4 Å². The van der Waals surface area contributed by atoms with Crippen LogP contribution in [-0.4, -0.2) is 0 Å². The fraction of sp³-hybridized carbons (Fsp3) is 0.500. The fourth-order valence-electron chi connectivity index (χ4n) is 2.32. The van der Waals surface area contributed by atoms with E-state index in [1.807, 2.05) is 0 Å². The van der Waals surface area contributed by atoms with E-state index in [0.29, 0.717) is 0 Å². The van der Waals surface area contributed by atoms with Gasteiger partial charge >= 0.3 is 26.2 Å². The van der Waals surface area contributed by atoms with Crippen molar-refractivity contribution >= 4 is 0 Å². The van der Waals surface area contributed by atoms with Crippen molar-refractivity contribution in [1.29, 1.82) is 0 Å². The van der Waals surface area contributed by atoms with Gasteiger partial charge in [0.05, 0.1) is 0 Å². The molecule has 1 heteroatoms. The van der Waals surface area contributed by atoms with E-state index in [0.717, 1.165) is 0 Å². The van der Waals surface area contributed by atoms with Crippen LogP contribution in [0, 0.1) is 13.8 Å². The Labute approximate surface area is 150 Å². The van der Waals surface area contributed by atoms with Crippen molar-refractivity contribution in [3.63, 3.8) is 0 Å². The van der Waals surface area contributed by atoms with Crippen LogP contribution in [0.15, 0.2) is 36.4 Å². The average Bonchev–Trinajstić information content (AvgIpc) is 3.04. The smallest absolute Gasteiger partial charge is 0.213 e. The molecule has 0 radical (unpaired) electrons. The third-order valence-corrected chi connectivity index (χ3v) is 3.92. The van der Waals surface area contributed by atoms with Gasteiger partial charge in [-0.1, -0.05) is 66.2 Å². The maximum absolute atomic E-state index is 2.29. The van der Waals surface area contributed by atoms with Gasteiger partial charge in [0.2, 0.25) is 0 Å². The standard InChI is InChI=1S/C13H21.C7H9.Zr/c1-3-5-8-12-10-7-11-13(12)9-6-4-2;1-6-4-3-5-7(6)2;/h7,10-11H,3-6,8-9H2,1-2H3;3-5H,1-2H3;/q2*-1;+2. The van der Waals surface area contributed by atoms with Crippen LogP contribution in [0.25, 0.3) is 0 Å². The van der Waals surface area contributed by atoms with Gasteiger partial charge in [-0.15, -0.1) is 0 Å². The predicted molar refractivity (Wildman–Crippen MR) is 90.8 cm³/mol.